The largest absolute Gasteiger partial charge is 0.327 e. The second kappa shape index (κ2) is 4.45. The van der Waals surface area contributed by atoms with E-state index in [9.17, 15) is 0 Å². The van der Waals surface area contributed by atoms with Crippen molar-refractivity contribution in [1.29, 1.82) is 0 Å². The lowest BCUT2D eigenvalue weighted by molar-refractivity contribution is 0.181. The molecule has 1 atom stereocenters. The van der Waals surface area contributed by atoms with E-state index in [0.717, 1.165) is 5.92 Å². The summed E-state index contributed by atoms with van der Waals surface area (Å²) in [5.74, 6) is 0.785. The zero-order chi connectivity index (χ0) is 11.7. The first-order chi connectivity index (χ1) is 8.33. The highest BCUT2D eigenvalue weighted by atomic mass is 14.7. The number of hydrogen-bond acceptors (Lipinski definition) is 1. The van der Waals surface area contributed by atoms with Crippen LogP contribution in [0.1, 0.15) is 50.5 Å². The van der Waals surface area contributed by atoms with Gasteiger partial charge in [-0.05, 0) is 37.2 Å². The van der Waals surface area contributed by atoms with Crippen molar-refractivity contribution in [2.24, 2.45) is 11.7 Å². The van der Waals surface area contributed by atoms with Crippen LogP contribution in [0.15, 0.2) is 30.3 Å². The molecule has 1 nitrogen and oxygen atoms in total. The normalized spacial score (nSPS) is 25.5. The van der Waals surface area contributed by atoms with Gasteiger partial charge in [-0.25, -0.2) is 0 Å². The van der Waals surface area contributed by atoms with Crippen LogP contribution < -0.4 is 5.73 Å². The average molecular weight is 229 g/mol. The summed E-state index contributed by atoms with van der Waals surface area (Å²) in [6.07, 6.45) is 9.42. The molecule has 2 aliphatic rings. The van der Waals surface area contributed by atoms with Gasteiger partial charge in [-0.1, -0.05) is 49.6 Å². The number of nitrogens with two attached hydrogens (primary N) is 1. The minimum atomic E-state index is 0.298. The van der Waals surface area contributed by atoms with Crippen molar-refractivity contribution < 1.29 is 0 Å². The van der Waals surface area contributed by atoms with Crippen LogP contribution in [-0.2, 0) is 5.41 Å². The van der Waals surface area contributed by atoms with Gasteiger partial charge >= 0.3 is 0 Å². The summed E-state index contributed by atoms with van der Waals surface area (Å²) < 4.78 is 0. The maximum Gasteiger partial charge on any atom is 0.0165 e. The summed E-state index contributed by atoms with van der Waals surface area (Å²) in [6.45, 7) is 0. The highest BCUT2D eigenvalue weighted by Gasteiger charge is 2.45. The van der Waals surface area contributed by atoms with Gasteiger partial charge in [0.25, 0.3) is 0 Å². The summed E-state index contributed by atoms with van der Waals surface area (Å²) in [6, 6.07) is 11.4. The Kier molecular flexibility index (Phi) is 2.96. The van der Waals surface area contributed by atoms with Gasteiger partial charge in [0.1, 0.15) is 0 Å². The minimum absolute atomic E-state index is 0.298. The first kappa shape index (κ1) is 11.3. The molecule has 92 valence electrons. The molecular formula is C16H23N. The molecule has 0 heterocycles. The predicted molar refractivity (Wildman–Crippen MR) is 71.9 cm³/mol. The summed E-state index contributed by atoms with van der Waals surface area (Å²) >= 11 is 0. The maximum atomic E-state index is 6.65. The van der Waals surface area contributed by atoms with Gasteiger partial charge in [0.2, 0.25) is 0 Å². The van der Waals surface area contributed by atoms with E-state index in [0.29, 0.717) is 11.5 Å². The van der Waals surface area contributed by atoms with Crippen LogP contribution >= 0.6 is 0 Å². The van der Waals surface area contributed by atoms with E-state index in [-0.39, 0.29) is 0 Å². The molecule has 2 aliphatic carbocycles. The number of rotatable bonds is 3. The highest BCUT2D eigenvalue weighted by molar-refractivity contribution is 5.29. The molecule has 2 N–H and O–H groups in total. The van der Waals surface area contributed by atoms with E-state index in [1.807, 2.05) is 0 Å². The molecule has 2 fully saturated rings. The Balaban J connectivity index is 1.92. The second-order valence-electron chi connectivity index (χ2n) is 5.95. The lowest BCUT2D eigenvalue weighted by Crippen LogP contribution is -2.50. The molecule has 0 spiro atoms. The molecule has 17 heavy (non-hydrogen) atoms. The third-order valence-corrected chi connectivity index (χ3v) is 5.14. The Morgan fingerprint density at radius 2 is 1.65 bits per heavy atom. The Labute approximate surface area is 104 Å². The monoisotopic (exact) mass is 229 g/mol. The molecule has 2 saturated carbocycles. The van der Waals surface area contributed by atoms with Crippen molar-refractivity contribution in [3.8, 4) is 0 Å². The van der Waals surface area contributed by atoms with Crippen LogP contribution in [0.5, 0.6) is 0 Å². The molecule has 3 rings (SSSR count). The standard InChI is InChI=1S/C16H23N/c17-15(13-7-6-8-13)16(11-4-5-12-16)14-9-2-1-3-10-14/h1-3,9-10,13,15H,4-8,11-12,17H2. The first-order valence-electron chi connectivity index (χ1n) is 7.14. The fourth-order valence-corrected chi connectivity index (χ4v) is 3.84. The SMILES string of the molecule is NC(C1CCC1)C1(c2ccccc2)CCCC1. The molecule has 0 saturated heterocycles. The zero-order valence-electron chi connectivity index (χ0n) is 10.6. The van der Waals surface area contributed by atoms with Crippen molar-refractivity contribution in [3.05, 3.63) is 35.9 Å². The summed E-state index contributed by atoms with van der Waals surface area (Å²) in [5, 5.41) is 0. The first-order valence-corrected chi connectivity index (χ1v) is 7.14. The quantitative estimate of drug-likeness (QED) is 0.841. The molecule has 0 bridgehead atoms. The minimum Gasteiger partial charge on any atom is -0.327 e. The van der Waals surface area contributed by atoms with Gasteiger partial charge < -0.3 is 5.73 Å². The lowest BCUT2D eigenvalue weighted by Gasteiger charge is -2.44. The van der Waals surface area contributed by atoms with Crippen LogP contribution in [0.25, 0.3) is 0 Å². The van der Waals surface area contributed by atoms with Crippen LogP contribution in [0, 0.1) is 5.92 Å². The Bertz CT molecular complexity index is 360. The average Bonchev–Trinajstić information content (AvgIpc) is 2.78. The molecule has 0 aliphatic heterocycles. The molecular weight excluding hydrogens is 206 g/mol. The highest BCUT2D eigenvalue weighted by Crippen LogP contribution is 2.48. The fourth-order valence-electron chi connectivity index (χ4n) is 3.84. The molecule has 0 aromatic heterocycles. The third-order valence-electron chi connectivity index (χ3n) is 5.14. The second-order valence-corrected chi connectivity index (χ2v) is 5.95. The van der Waals surface area contributed by atoms with E-state index in [2.05, 4.69) is 30.3 Å². The molecule has 1 aromatic carbocycles. The van der Waals surface area contributed by atoms with Crippen LogP contribution in [-0.4, -0.2) is 6.04 Å². The van der Waals surface area contributed by atoms with Crippen LogP contribution in [0.2, 0.25) is 0 Å². The Morgan fingerprint density at radius 3 is 2.18 bits per heavy atom. The zero-order valence-corrected chi connectivity index (χ0v) is 10.6. The van der Waals surface area contributed by atoms with Gasteiger partial charge in [0.15, 0.2) is 0 Å². The lowest BCUT2D eigenvalue weighted by atomic mass is 9.64. The van der Waals surface area contributed by atoms with E-state index >= 15 is 0 Å². The fraction of sp³-hybridized carbons (Fsp3) is 0.625. The van der Waals surface area contributed by atoms with Gasteiger partial charge in [0, 0.05) is 11.5 Å². The van der Waals surface area contributed by atoms with E-state index in [4.69, 9.17) is 5.73 Å². The van der Waals surface area contributed by atoms with Gasteiger partial charge in [-0.2, -0.15) is 0 Å². The van der Waals surface area contributed by atoms with Crippen molar-refractivity contribution in [3.63, 3.8) is 0 Å². The molecule has 0 amide bonds. The van der Waals surface area contributed by atoms with E-state index < -0.39 is 0 Å². The van der Waals surface area contributed by atoms with E-state index in [1.165, 1.54) is 50.5 Å². The molecule has 1 aromatic rings. The van der Waals surface area contributed by atoms with Crippen LogP contribution in [0.3, 0.4) is 0 Å². The van der Waals surface area contributed by atoms with E-state index in [1.54, 1.807) is 0 Å². The third kappa shape index (κ3) is 1.81. The van der Waals surface area contributed by atoms with Gasteiger partial charge in [-0.3, -0.25) is 0 Å². The topological polar surface area (TPSA) is 26.0 Å². The smallest absolute Gasteiger partial charge is 0.0165 e. The maximum absolute atomic E-state index is 6.65. The Hall–Kier alpha value is -0.820. The van der Waals surface area contributed by atoms with Crippen molar-refractivity contribution in [2.45, 2.75) is 56.4 Å². The molecule has 1 heteroatoms. The van der Waals surface area contributed by atoms with Gasteiger partial charge in [-0.15, -0.1) is 0 Å². The van der Waals surface area contributed by atoms with Crippen LogP contribution in [0.4, 0.5) is 0 Å². The predicted octanol–water partition coefficient (Wildman–Crippen LogP) is 3.63. The molecule has 1 unspecified atom stereocenters. The summed E-state index contributed by atoms with van der Waals surface area (Å²) in [5.41, 5.74) is 8.45. The molecule has 0 radical (unpaired) electrons. The summed E-state index contributed by atoms with van der Waals surface area (Å²) in [4.78, 5) is 0. The van der Waals surface area contributed by atoms with Crippen molar-refractivity contribution >= 4 is 0 Å². The van der Waals surface area contributed by atoms with Crippen molar-refractivity contribution in [2.75, 3.05) is 0 Å². The Morgan fingerprint density at radius 1 is 1.00 bits per heavy atom. The summed E-state index contributed by atoms with van der Waals surface area (Å²) in [7, 11) is 0. The van der Waals surface area contributed by atoms with Gasteiger partial charge in [0.05, 0.1) is 0 Å². The number of hydrogen-bond donors (Lipinski definition) is 1. The van der Waals surface area contributed by atoms with Crippen molar-refractivity contribution in [1.82, 2.24) is 0 Å². The number of benzene rings is 1.